The number of hydrogen-bond acceptors (Lipinski definition) is 3. The molecule has 1 saturated carbocycles. The van der Waals surface area contributed by atoms with Crippen LogP contribution >= 0.6 is 0 Å². The van der Waals surface area contributed by atoms with Crippen LogP contribution in [0.1, 0.15) is 25.7 Å². The van der Waals surface area contributed by atoms with Gasteiger partial charge in [-0.25, -0.2) is 0 Å². The van der Waals surface area contributed by atoms with Gasteiger partial charge in [0.1, 0.15) is 5.78 Å². The van der Waals surface area contributed by atoms with E-state index in [0.717, 1.165) is 32.6 Å². The summed E-state index contributed by atoms with van der Waals surface area (Å²) < 4.78 is 0. The van der Waals surface area contributed by atoms with Crippen LogP contribution in [0.3, 0.4) is 0 Å². The minimum atomic E-state index is 0.364. The lowest BCUT2D eigenvalue weighted by atomic mass is 10.0. The molecule has 0 atom stereocenters. The molecule has 3 heteroatoms. The molecular formula is C12H20N2O. The van der Waals surface area contributed by atoms with Gasteiger partial charge in [-0.2, -0.15) is 0 Å². The molecule has 84 valence electrons. The number of carbonyl (C=O) groups is 1. The van der Waals surface area contributed by atoms with Crippen molar-refractivity contribution in [3.63, 3.8) is 0 Å². The Hall–Kier alpha value is -0.830. The standard InChI is InChI=1S/C12H20N2O/c1-2-13-7-8-14(10-13)9-12(15)11-5-3-4-6-11/h2,11H,1,3-10H2. The van der Waals surface area contributed by atoms with Gasteiger partial charge >= 0.3 is 0 Å². The van der Waals surface area contributed by atoms with E-state index in [0.29, 0.717) is 18.2 Å². The summed E-state index contributed by atoms with van der Waals surface area (Å²) in [7, 11) is 0. The molecule has 2 aliphatic rings. The lowest BCUT2D eigenvalue weighted by molar-refractivity contribution is -0.123. The van der Waals surface area contributed by atoms with Crippen LogP contribution in [0.4, 0.5) is 0 Å². The Balaban J connectivity index is 1.77. The molecule has 0 amide bonds. The van der Waals surface area contributed by atoms with Crippen molar-refractivity contribution >= 4 is 5.78 Å². The molecule has 0 aromatic rings. The second-order valence-electron chi connectivity index (χ2n) is 4.64. The molecule has 1 heterocycles. The first kappa shape index (κ1) is 10.7. The quantitative estimate of drug-likeness (QED) is 0.699. The van der Waals surface area contributed by atoms with Crippen LogP contribution in [0, 0.1) is 5.92 Å². The Bertz CT molecular complexity index is 246. The van der Waals surface area contributed by atoms with Crippen LogP contribution in [0.5, 0.6) is 0 Å². The Morgan fingerprint density at radius 1 is 1.33 bits per heavy atom. The maximum atomic E-state index is 11.9. The summed E-state index contributed by atoms with van der Waals surface area (Å²) >= 11 is 0. The van der Waals surface area contributed by atoms with Gasteiger partial charge in [0.15, 0.2) is 0 Å². The van der Waals surface area contributed by atoms with Gasteiger partial charge in [-0.3, -0.25) is 9.69 Å². The number of carbonyl (C=O) groups excluding carboxylic acids is 1. The van der Waals surface area contributed by atoms with Crippen molar-refractivity contribution in [3.05, 3.63) is 12.8 Å². The van der Waals surface area contributed by atoms with Gasteiger partial charge in [-0.15, -0.1) is 0 Å². The van der Waals surface area contributed by atoms with Gasteiger partial charge in [-0.1, -0.05) is 19.4 Å². The molecule has 3 nitrogen and oxygen atoms in total. The van der Waals surface area contributed by atoms with E-state index in [-0.39, 0.29) is 0 Å². The van der Waals surface area contributed by atoms with Crippen molar-refractivity contribution < 1.29 is 4.79 Å². The highest BCUT2D eigenvalue weighted by Gasteiger charge is 2.26. The number of ketones is 1. The molecular weight excluding hydrogens is 188 g/mol. The second kappa shape index (κ2) is 4.79. The fourth-order valence-electron chi connectivity index (χ4n) is 2.54. The summed E-state index contributed by atoms with van der Waals surface area (Å²) in [6, 6.07) is 0. The molecule has 0 spiro atoms. The van der Waals surface area contributed by atoms with E-state index < -0.39 is 0 Å². The van der Waals surface area contributed by atoms with Crippen LogP contribution in [0.2, 0.25) is 0 Å². The Morgan fingerprint density at radius 2 is 2.07 bits per heavy atom. The normalized spacial score (nSPS) is 23.6. The molecule has 1 saturated heterocycles. The molecule has 0 aromatic carbocycles. The van der Waals surface area contributed by atoms with E-state index in [9.17, 15) is 4.79 Å². The monoisotopic (exact) mass is 208 g/mol. The molecule has 2 fully saturated rings. The van der Waals surface area contributed by atoms with E-state index in [1.165, 1.54) is 12.8 Å². The SMILES string of the molecule is C=CN1CCN(CC(=O)C2CCCC2)C1. The zero-order valence-corrected chi connectivity index (χ0v) is 9.32. The van der Waals surface area contributed by atoms with E-state index in [4.69, 9.17) is 0 Å². The van der Waals surface area contributed by atoms with Crippen molar-refractivity contribution in [3.8, 4) is 0 Å². The van der Waals surface area contributed by atoms with E-state index in [2.05, 4.69) is 16.4 Å². The fourth-order valence-corrected chi connectivity index (χ4v) is 2.54. The van der Waals surface area contributed by atoms with Crippen LogP contribution in [0.25, 0.3) is 0 Å². The minimum Gasteiger partial charge on any atom is -0.364 e. The highest BCUT2D eigenvalue weighted by molar-refractivity contribution is 5.83. The zero-order chi connectivity index (χ0) is 10.7. The number of Topliss-reactive ketones (excluding diaryl/α,β-unsaturated/α-hetero) is 1. The van der Waals surface area contributed by atoms with Gasteiger partial charge in [0, 0.05) is 19.0 Å². The van der Waals surface area contributed by atoms with Crippen LogP contribution in [0.15, 0.2) is 12.8 Å². The highest BCUT2D eigenvalue weighted by Crippen LogP contribution is 2.25. The average Bonchev–Trinajstić information content (AvgIpc) is 2.87. The number of nitrogens with zero attached hydrogens (tertiary/aromatic N) is 2. The van der Waals surface area contributed by atoms with Crippen LogP contribution < -0.4 is 0 Å². The summed E-state index contributed by atoms with van der Waals surface area (Å²) in [6.45, 7) is 7.29. The van der Waals surface area contributed by atoms with Crippen molar-refractivity contribution in [1.29, 1.82) is 0 Å². The summed E-state index contributed by atoms with van der Waals surface area (Å²) in [5.41, 5.74) is 0. The lowest BCUT2D eigenvalue weighted by Crippen LogP contribution is -2.31. The van der Waals surface area contributed by atoms with E-state index in [1.54, 1.807) is 0 Å². The first-order chi connectivity index (χ1) is 7.29. The summed E-state index contributed by atoms with van der Waals surface area (Å²) in [6.07, 6.45) is 6.60. The molecule has 2 rings (SSSR count). The molecule has 1 aliphatic heterocycles. The average molecular weight is 208 g/mol. The van der Waals surface area contributed by atoms with E-state index >= 15 is 0 Å². The van der Waals surface area contributed by atoms with Gasteiger partial charge in [0.05, 0.1) is 13.2 Å². The van der Waals surface area contributed by atoms with Gasteiger partial charge < -0.3 is 4.90 Å². The van der Waals surface area contributed by atoms with Crippen molar-refractivity contribution in [2.75, 3.05) is 26.3 Å². The van der Waals surface area contributed by atoms with Gasteiger partial charge in [0.25, 0.3) is 0 Å². The third-order valence-corrected chi connectivity index (χ3v) is 3.53. The second-order valence-corrected chi connectivity index (χ2v) is 4.64. The fraction of sp³-hybridized carbons (Fsp3) is 0.750. The molecule has 0 bridgehead atoms. The minimum absolute atomic E-state index is 0.364. The Kier molecular flexibility index (Phi) is 3.41. The predicted molar refractivity (Wildman–Crippen MR) is 60.3 cm³/mol. The number of rotatable bonds is 4. The Morgan fingerprint density at radius 3 is 2.67 bits per heavy atom. The third-order valence-electron chi connectivity index (χ3n) is 3.53. The lowest BCUT2D eigenvalue weighted by Gasteiger charge is -2.17. The van der Waals surface area contributed by atoms with Crippen molar-refractivity contribution in [2.24, 2.45) is 5.92 Å². The topological polar surface area (TPSA) is 23.6 Å². The first-order valence-corrected chi connectivity index (χ1v) is 5.91. The van der Waals surface area contributed by atoms with Crippen LogP contribution in [-0.4, -0.2) is 41.9 Å². The number of hydrogen-bond donors (Lipinski definition) is 0. The largest absolute Gasteiger partial charge is 0.364 e. The maximum absolute atomic E-state index is 11.9. The maximum Gasteiger partial charge on any atom is 0.149 e. The van der Waals surface area contributed by atoms with Gasteiger partial charge in [-0.05, 0) is 19.0 Å². The van der Waals surface area contributed by atoms with Gasteiger partial charge in [0.2, 0.25) is 0 Å². The van der Waals surface area contributed by atoms with E-state index in [1.807, 2.05) is 6.20 Å². The summed E-state index contributed by atoms with van der Waals surface area (Å²) in [5.74, 6) is 0.821. The highest BCUT2D eigenvalue weighted by atomic mass is 16.1. The molecule has 0 N–H and O–H groups in total. The molecule has 0 unspecified atom stereocenters. The summed E-state index contributed by atoms with van der Waals surface area (Å²) in [4.78, 5) is 16.3. The Labute approximate surface area is 91.7 Å². The molecule has 1 aliphatic carbocycles. The smallest absolute Gasteiger partial charge is 0.149 e. The summed E-state index contributed by atoms with van der Waals surface area (Å²) in [5, 5.41) is 0. The van der Waals surface area contributed by atoms with Crippen molar-refractivity contribution in [2.45, 2.75) is 25.7 Å². The third kappa shape index (κ3) is 2.59. The predicted octanol–water partition coefficient (Wildman–Crippen LogP) is 1.46. The molecule has 15 heavy (non-hydrogen) atoms. The zero-order valence-electron chi connectivity index (χ0n) is 9.32. The first-order valence-electron chi connectivity index (χ1n) is 5.91. The molecule has 0 aromatic heterocycles. The molecule has 0 radical (unpaired) electrons. The van der Waals surface area contributed by atoms with Crippen LogP contribution in [-0.2, 0) is 4.79 Å². The van der Waals surface area contributed by atoms with Crippen molar-refractivity contribution in [1.82, 2.24) is 9.80 Å².